The van der Waals surface area contributed by atoms with Crippen LogP contribution in [-0.2, 0) is 4.79 Å². The van der Waals surface area contributed by atoms with E-state index in [2.05, 4.69) is 20.6 Å². The summed E-state index contributed by atoms with van der Waals surface area (Å²) in [6.07, 6.45) is 6.28. The Balaban J connectivity index is 1.48. The molecule has 2 N–H and O–H groups in total. The molecule has 0 bridgehead atoms. The summed E-state index contributed by atoms with van der Waals surface area (Å²) in [6.45, 7) is 0.233. The lowest BCUT2D eigenvalue weighted by molar-refractivity contribution is -0.116. The van der Waals surface area contributed by atoms with Crippen molar-refractivity contribution in [3.05, 3.63) is 66.9 Å². The molecule has 0 aromatic carbocycles. The molecule has 0 aliphatic carbocycles. The first-order valence-electron chi connectivity index (χ1n) is 7.86. The van der Waals surface area contributed by atoms with Gasteiger partial charge < -0.3 is 15.1 Å². The van der Waals surface area contributed by atoms with E-state index in [0.717, 1.165) is 10.1 Å². The van der Waals surface area contributed by atoms with E-state index in [1.54, 1.807) is 30.6 Å². The number of anilines is 1. The lowest BCUT2D eigenvalue weighted by Gasteiger charge is -2.07. The van der Waals surface area contributed by atoms with Crippen molar-refractivity contribution >= 4 is 29.3 Å². The second-order valence-electron chi connectivity index (χ2n) is 5.22. The molecule has 0 aliphatic rings. The molecule has 3 heterocycles. The minimum atomic E-state index is -0.274. The maximum Gasteiger partial charge on any atom is 0.254 e. The van der Waals surface area contributed by atoms with E-state index in [1.165, 1.54) is 24.3 Å². The van der Waals surface area contributed by atoms with E-state index in [4.69, 9.17) is 4.42 Å². The van der Waals surface area contributed by atoms with Crippen molar-refractivity contribution in [1.29, 1.82) is 0 Å². The van der Waals surface area contributed by atoms with Crippen LogP contribution in [0.4, 0.5) is 5.69 Å². The highest BCUT2D eigenvalue weighted by Crippen LogP contribution is 2.25. The van der Waals surface area contributed by atoms with Gasteiger partial charge in [-0.05, 0) is 30.3 Å². The van der Waals surface area contributed by atoms with Crippen LogP contribution >= 0.6 is 11.8 Å². The molecule has 0 aliphatic heterocycles. The molecule has 8 heteroatoms. The number of hydrogen-bond donors (Lipinski definition) is 2. The standard InChI is InChI=1S/C18H16N4O3S/c23-15(5-9-21-18(24)13-6-10-25-12-13)22-14-4-8-20-17(11-14)26-16-3-1-2-7-19-16/h1-4,6-8,10-12H,5,9H2,(H,21,24)(H,20,22,23). The molecule has 2 amide bonds. The Morgan fingerprint density at radius 1 is 1.08 bits per heavy atom. The fourth-order valence-electron chi connectivity index (χ4n) is 2.07. The Morgan fingerprint density at radius 2 is 1.96 bits per heavy atom. The smallest absolute Gasteiger partial charge is 0.254 e. The molecule has 3 rings (SSSR count). The van der Waals surface area contributed by atoms with Gasteiger partial charge in [-0.25, -0.2) is 9.97 Å². The third kappa shape index (κ3) is 5.18. The van der Waals surface area contributed by atoms with Crippen LogP contribution in [0.5, 0.6) is 0 Å². The fraction of sp³-hybridized carbons (Fsp3) is 0.111. The van der Waals surface area contributed by atoms with Crippen molar-refractivity contribution in [2.24, 2.45) is 0 Å². The molecule has 0 saturated carbocycles. The van der Waals surface area contributed by atoms with Crippen molar-refractivity contribution in [3.63, 3.8) is 0 Å². The zero-order chi connectivity index (χ0) is 18.2. The Morgan fingerprint density at radius 3 is 2.73 bits per heavy atom. The van der Waals surface area contributed by atoms with Gasteiger partial charge in [-0.3, -0.25) is 9.59 Å². The molecule has 0 saturated heterocycles. The van der Waals surface area contributed by atoms with Gasteiger partial charge in [-0.1, -0.05) is 17.8 Å². The van der Waals surface area contributed by atoms with Crippen LogP contribution in [0.3, 0.4) is 0 Å². The lowest BCUT2D eigenvalue weighted by atomic mass is 10.3. The van der Waals surface area contributed by atoms with Crippen LogP contribution in [0.25, 0.3) is 0 Å². The number of aromatic nitrogens is 2. The molecule has 7 nitrogen and oxygen atoms in total. The largest absolute Gasteiger partial charge is 0.472 e. The number of rotatable bonds is 7. The second-order valence-corrected chi connectivity index (χ2v) is 6.26. The summed E-state index contributed by atoms with van der Waals surface area (Å²) in [6, 6.07) is 10.7. The molecule has 26 heavy (non-hydrogen) atoms. The first-order chi connectivity index (χ1) is 12.7. The Kier molecular flexibility index (Phi) is 6.00. The van der Waals surface area contributed by atoms with E-state index >= 15 is 0 Å². The monoisotopic (exact) mass is 368 g/mol. The summed E-state index contributed by atoms with van der Waals surface area (Å²) in [5.41, 5.74) is 1.07. The Hall–Kier alpha value is -3.13. The predicted octanol–water partition coefficient (Wildman–Crippen LogP) is 2.98. The highest BCUT2D eigenvalue weighted by Gasteiger charge is 2.08. The number of nitrogens with zero attached hydrogens (tertiary/aromatic N) is 2. The van der Waals surface area contributed by atoms with Crippen molar-refractivity contribution in [2.75, 3.05) is 11.9 Å². The summed E-state index contributed by atoms with van der Waals surface area (Å²) < 4.78 is 4.84. The van der Waals surface area contributed by atoms with E-state index in [1.807, 2.05) is 18.2 Å². The summed E-state index contributed by atoms with van der Waals surface area (Å²) in [5, 5.41) is 7.01. The maximum absolute atomic E-state index is 12.0. The quantitative estimate of drug-likeness (QED) is 0.665. The van der Waals surface area contributed by atoms with Gasteiger partial charge in [0.15, 0.2) is 0 Å². The topological polar surface area (TPSA) is 97.1 Å². The number of furan rings is 1. The minimum absolute atomic E-state index is 0.161. The van der Waals surface area contributed by atoms with Gasteiger partial charge in [0, 0.05) is 31.0 Å². The number of pyridine rings is 2. The number of nitrogens with one attached hydrogen (secondary N) is 2. The molecule has 3 aromatic rings. The predicted molar refractivity (Wildman–Crippen MR) is 96.9 cm³/mol. The summed E-state index contributed by atoms with van der Waals surface area (Å²) in [4.78, 5) is 32.3. The average Bonchev–Trinajstić information content (AvgIpc) is 3.17. The summed E-state index contributed by atoms with van der Waals surface area (Å²) >= 11 is 1.41. The van der Waals surface area contributed by atoms with Crippen LogP contribution in [0.2, 0.25) is 0 Å². The Bertz CT molecular complexity index is 869. The first-order valence-corrected chi connectivity index (χ1v) is 8.67. The van der Waals surface area contributed by atoms with Crippen LogP contribution in [-0.4, -0.2) is 28.3 Å². The molecule has 0 atom stereocenters. The van der Waals surface area contributed by atoms with E-state index < -0.39 is 0 Å². The molecule has 3 aromatic heterocycles. The molecule has 132 valence electrons. The minimum Gasteiger partial charge on any atom is -0.472 e. The molecule has 0 radical (unpaired) electrons. The number of amides is 2. The van der Waals surface area contributed by atoms with Crippen molar-refractivity contribution in [3.8, 4) is 0 Å². The molecular formula is C18H16N4O3S. The van der Waals surface area contributed by atoms with Gasteiger partial charge in [-0.15, -0.1) is 0 Å². The third-order valence-electron chi connectivity index (χ3n) is 3.29. The van der Waals surface area contributed by atoms with Gasteiger partial charge >= 0.3 is 0 Å². The summed E-state index contributed by atoms with van der Waals surface area (Å²) in [7, 11) is 0. The van der Waals surface area contributed by atoms with Crippen molar-refractivity contribution in [1.82, 2.24) is 15.3 Å². The van der Waals surface area contributed by atoms with E-state index in [-0.39, 0.29) is 24.8 Å². The lowest BCUT2D eigenvalue weighted by Crippen LogP contribution is -2.27. The number of carbonyl (C=O) groups is 2. The van der Waals surface area contributed by atoms with Gasteiger partial charge in [0.2, 0.25) is 5.91 Å². The van der Waals surface area contributed by atoms with Crippen LogP contribution in [0, 0.1) is 0 Å². The number of carbonyl (C=O) groups excluding carboxylic acids is 2. The van der Waals surface area contributed by atoms with Crippen LogP contribution in [0.15, 0.2) is 75.8 Å². The van der Waals surface area contributed by atoms with E-state index in [0.29, 0.717) is 11.3 Å². The molecule has 0 unspecified atom stereocenters. The van der Waals surface area contributed by atoms with E-state index in [9.17, 15) is 9.59 Å². The molecule has 0 fully saturated rings. The zero-order valence-corrected chi connectivity index (χ0v) is 14.5. The van der Waals surface area contributed by atoms with Crippen molar-refractivity contribution in [2.45, 2.75) is 16.5 Å². The SMILES string of the molecule is O=C(CCNC(=O)c1ccoc1)Nc1ccnc(Sc2ccccn2)c1. The second kappa shape index (κ2) is 8.82. The van der Waals surface area contributed by atoms with Gasteiger partial charge in [0.05, 0.1) is 11.8 Å². The highest BCUT2D eigenvalue weighted by molar-refractivity contribution is 7.99. The van der Waals surface area contributed by atoms with Gasteiger partial charge in [-0.2, -0.15) is 0 Å². The maximum atomic E-state index is 12.0. The zero-order valence-electron chi connectivity index (χ0n) is 13.7. The first kappa shape index (κ1) is 17.7. The molecule has 0 spiro atoms. The van der Waals surface area contributed by atoms with Crippen LogP contribution < -0.4 is 10.6 Å². The highest BCUT2D eigenvalue weighted by atomic mass is 32.2. The van der Waals surface area contributed by atoms with Gasteiger partial charge in [0.1, 0.15) is 16.3 Å². The van der Waals surface area contributed by atoms with Crippen molar-refractivity contribution < 1.29 is 14.0 Å². The average molecular weight is 368 g/mol. The van der Waals surface area contributed by atoms with Crippen LogP contribution in [0.1, 0.15) is 16.8 Å². The third-order valence-corrected chi connectivity index (χ3v) is 4.17. The molecular weight excluding hydrogens is 352 g/mol. The van der Waals surface area contributed by atoms with Gasteiger partial charge in [0.25, 0.3) is 5.91 Å². The summed E-state index contributed by atoms with van der Waals surface area (Å²) in [5.74, 6) is -0.470. The normalized spacial score (nSPS) is 10.3. The Labute approximate surface area is 154 Å². The number of hydrogen-bond acceptors (Lipinski definition) is 6. The fourth-order valence-corrected chi connectivity index (χ4v) is 2.84.